The minimum atomic E-state index is -0.603. The zero-order valence-corrected chi connectivity index (χ0v) is 12.1. The Morgan fingerprint density at radius 1 is 1.40 bits per heavy atom. The Balaban J connectivity index is 3.11. The summed E-state index contributed by atoms with van der Waals surface area (Å²) in [4.78, 5) is 12.1. The number of carbonyl (C=O) groups is 1. The van der Waals surface area contributed by atoms with Gasteiger partial charge in [0.1, 0.15) is 17.5 Å². The summed E-state index contributed by atoms with van der Waals surface area (Å²) < 4.78 is 15.6. The molecule has 110 valence electrons. The van der Waals surface area contributed by atoms with Crippen molar-refractivity contribution in [2.45, 2.75) is 13.0 Å². The van der Waals surface area contributed by atoms with Crippen molar-refractivity contribution in [2.75, 3.05) is 27.4 Å². The van der Waals surface area contributed by atoms with Crippen molar-refractivity contribution in [2.24, 2.45) is 0 Å². The summed E-state index contributed by atoms with van der Waals surface area (Å²) in [6, 6.07) is 4.69. The number of benzene rings is 1. The molecule has 0 bridgehead atoms. The Hall–Kier alpha value is -2.01. The lowest BCUT2D eigenvalue weighted by molar-refractivity contribution is -0.145. The van der Waals surface area contributed by atoms with Crippen LogP contribution in [0.25, 0.3) is 0 Å². The minimum Gasteiger partial charge on any atom is -0.497 e. The van der Waals surface area contributed by atoms with E-state index in [1.807, 2.05) is 0 Å². The minimum absolute atomic E-state index is 0.323. The molecule has 1 unspecified atom stereocenters. The first kappa shape index (κ1) is 16.0. The van der Waals surface area contributed by atoms with E-state index < -0.39 is 6.04 Å². The molecule has 0 amide bonds. The second kappa shape index (κ2) is 8.22. The lowest BCUT2D eigenvalue weighted by Crippen LogP contribution is -2.30. The van der Waals surface area contributed by atoms with Crippen LogP contribution in [0.1, 0.15) is 18.5 Å². The van der Waals surface area contributed by atoms with Gasteiger partial charge in [-0.3, -0.25) is 5.32 Å². The molecule has 1 aromatic rings. The molecule has 1 atom stereocenters. The molecule has 1 aromatic carbocycles. The molecule has 5 heteroatoms. The average Bonchev–Trinajstić information content (AvgIpc) is 2.48. The number of rotatable bonds is 8. The Labute approximate surface area is 119 Å². The topological polar surface area (TPSA) is 56.8 Å². The van der Waals surface area contributed by atoms with Gasteiger partial charge < -0.3 is 14.2 Å². The van der Waals surface area contributed by atoms with Gasteiger partial charge in [0.25, 0.3) is 0 Å². The largest absolute Gasteiger partial charge is 0.497 e. The fourth-order valence-corrected chi connectivity index (χ4v) is 1.80. The average molecular weight is 279 g/mol. The van der Waals surface area contributed by atoms with E-state index in [1.165, 1.54) is 0 Å². The highest BCUT2D eigenvalue weighted by Gasteiger charge is 2.24. The van der Waals surface area contributed by atoms with Crippen molar-refractivity contribution in [3.8, 4) is 11.5 Å². The van der Waals surface area contributed by atoms with E-state index >= 15 is 0 Å². The highest BCUT2D eigenvalue weighted by Crippen LogP contribution is 2.30. The van der Waals surface area contributed by atoms with E-state index in [4.69, 9.17) is 14.2 Å². The zero-order chi connectivity index (χ0) is 15.0. The highest BCUT2D eigenvalue weighted by atomic mass is 16.5. The Kier molecular flexibility index (Phi) is 6.59. The fourth-order valence-electron chi connectivity index (χ4n) is 1.80. The van der Waals surface area contributed by atoms with Crippen molar-refractivity contribution in [3.05, 3.63) is 36.4 Å². The molecule has 0 fully saturated rings. The fraction of sp³-hybridized carbons (Fsp3) is 0.400. The van der Waals surface area contributed by atoms with Crippen LogP contribution < -0.4 is 14.8 Å². The molecule has 0 saturated heterocycles. The summed E-state index contributed by atoms with van der Waals surface area (Å²) in [6.07, 6.45) is 1.68. The smallest absolute Gasteiger partial charge is 0.327 e. The van der Waals surface area contributed by atoms with Crippen LogP contribution in [0, 0.1) is 0 Å². The van der Waals surface area contributed by atoms with Gasteiger partial charge in [0.15, 0.2) is 0 Å². The van der Waals surface area contributed by atoms with E-state index in [-0.39, 0.29) is 5.97 Å². The van der Waals surface area contributed by atoms with Crippen molar-refractivity contribution in [1.82, 2.24) is 5.32 Å². The number of esters is 1. The summed E-state index contributed by atoms with van der Waals surface area (Å²) in [6.45, 7) is 6.22. The summed E-state index contributed by atoms with van der Waals surface area (Å²) in [5.74, 6) is 0.883. The van der Waals surface area contributed by atoms with Gasteiger partial charge in [0.05, 0.1) is 20.8 Å². The molecule has 0 aliphatic rings. The maximum atomic E-state index is 12.1. The molecule has 20 heavy (non-hydrogen) atoms. The van der Waals surface area contributed by atoms with Crippen LogP contribution in [0.2, 0.25) is 0 Å². The molecule has 0 aliphatic carbocycles. The normalized spacial score (nSPS) is 11.6. The molecule has 1 N–H and O–H groups in total. The van der Waals surface area contributed by atoms with E-state index in [1.54, 1.807) is 45.4 Å². The number of carbonyl (C=O) groups excluding carboxylic acids is 1. The van der Waals surface area contributed by atoms with E-state index in [9.17, 15) is 4.79 Å². The van der Waals surface area contributed by atoms with Gasteiger partial charge in [0.2, 0.25) is 0 Å². The van der Waals surface area contributed by atoms with Crippen LogP contribution in [0.3, 0.4) is 0 Å². The third-order valence-electron chi connectivity index (χ3n) is 2.74. The molecule has 0 spiro atoms. The summed E-state index contributed by atoms with van der Waals surface area (Å²) >= 11 is 0. The van der Waals surface area contributed by atoms with Gasteiger partial charge >= 0.3 is 5.97 Å². The number of nitrogens with one attached hydrogen (secondary N) is 1. The van der Waals surface area contributed by atoms with Gasteiger partial charge in [-0.25, -0.2) is 4.79 Å². The third kappa shape index (κ3) is 3.99. The van der Waals surface area contributed by atoms with Gasteiger partial charge in [-0.1, -0.05) is 6.08 Å². The quantitative estimate of drug-likeness (QED) is 0.583. The monoisotopic (exact) mass is 279 g/mol. The number of methoxy groups -OCH3 is 2. The first-order valence-corrected chi connectivity index (χ1v) is 6.40. The lowest BCUT2D eigenvalue weighted by atomic mass is 10.1. The van der Waals surface area contributed by atoms with Crippen molar-refractivity contribution < 1.29 is 19.0 Å². The van der Waals surface area contributed by atoms with Gasteiger partial charge in [-0.2, -0.15) is 0 Å². The van der Waals surface area contributed by atoms with E-state index in [0.717, 1.165) is 0 Å². The molecule has 0 saturated carbocycles. The van der Waals surface area contributed by atoms with Crippen LogP contribution in [0.4, 0.5) is 0 Å². The maximum Gasteiger partial charge on any atom is 0.327 e. The molecule has 0 aliphatic heterocycles. The van der Waals surface area contributed by atoms with Gasteiger partial charge in [-0.05, 0) is 19.1 Å². The van der Waals surface area contributed by atoms with E-state index in [0.29, 0.717) is 30.2 Å². The van der Waals surface area contributed by atoms with Crippen molar-refractivity contribution in [3.63, 3.8) is 0 Å². The molecule has 0 radical (unpaired) electrons. The Morgan fingerprint density at radius 3 is 2.70 bits per heavy atom. The summed E-state index contributed by atoms with van der Waals surface area (Å²) in [5, 5.41) is 3.07. The first-order chi connectivity index (χ1) is 9.67. The molecule has 5 nitrogen and oxygen atoms in total. The van der Waals surface area contributed by atoms with Crippen molar-refractivity contribution in [1.29, 1.82) is 0 Å². The van der Waals surface area contributed by atoms with Crippen LogP contribution in [-0.4, -0.2) is 33.3 Å². The van der Waals surface area contributed by atoms with Crippen LogP contribution in [0.5, 0.6) is 11.5 Å². The third-order valence-corrected chi connectivity index (χ3v) is 2.74. The van der Waals surface area contributed by atoms with Crippen LogP contribution in [0.15, 0.2) is 30.9 Å². The number of hydrogen-bond donors (Lipinski definition) is 1. The summed E-state index contributed by atoms with van der Waals surface area (Å²) in [7, 11) is 3.13. The zero-order valence-electron chi connectivity index (χ0n) is 12.1. The summed E-state index contributed by atoms with van der Waals surface area (Å²) in [5.41, 5.74) is 0.702. The first-order valence-electron chi connectivity index (χ1n) is 6.40. The number of hydrogen-bond acceptors (Lipinski definition) is 5. The highest BCUT2D eigenvalue weighted by molar-refractivity contribution is 5.79. The molecular formula is C15H21NO4. The van der Waals surface area contributed by atoms with Crippen LogP contribution >= 0.6 is 0 Å². The second-order valence-corrected chi connectivity index (χ2v) is 3.99. The Bertz CT molecular complexity index is 459. The SMILES string of the molecule is C=CCNC(C(=O)OCC)c1ccc(OC)cc1OC. The number of ether oxygens (including phenoxy) is 3. The predicted molar refractivity (Wildman–Crippen MR) is 77.1 cm³/mol. The Morgan fingerprint density at radius 2 is 2.15 bits per heavy atom. The lowest BCUT2D eigenvalue weighted by Gasteiger charge is -2.19. The predicted octanol–water partition coefficient (Wildman–Crippen LogP) is 2.08. The molecule has 1 rings (SSSR count). The molecule has 0 heterocycles. The van der Waals surface area contributed by atoms with E-state index in [2.05, 4.69) is 11.9 Å². The molecular weight excluding hydrogens is 258 g/mol. The standard InChI is InChI=1S/C15H21NO4/c1-5-9-16-14(15(17)20-6-2)12-8-7-11(18-3)10-13(12)19-4/h5,7-8,10,14,16H,1,6,9H2,2-4H3. The van der Waals surface area contributed by atoms with Crippen molar-refractivity contribution >= 4 is 5.97 Å². The van der Waals surface area contributed by atoms with Crippen LogP contribution in [-0.2, 0) is 9.53 Å². The van der Waals surface area contributed by atoms with Gasteiger partial charge in [-0.15, -0.1) is 6.58 Å². The molecule has 0 aromatic heterocycles. The van der Waals surface area contributed by atoms with Gasteiger partial charge in [0, 0.05) is 18.2 Å². The second-order valence-electron chi connectivity index (χ2n) is 3.99. The maximum absolute atomic E-state index is 12.1.